The van der Waals surface area contributed by atoms with Crippen molar-refractivity contribution in [2.75, 3.05) is 0 Å². The SMILES string of the molecule is CCC(C)C(C)c1[c]c2ccccc2cc1. The van der Waals surface area contributed by atoms with Crippen LogP contribution in [0.4, 0.5) is 0 Å². The van der Waals surface area contributed by atoms with Crippen LogP contribution in [-0.4, -0.2) is 0 Å². The maximum Gasteiger partial charge on any atom is -0.00614 e. The van der Waals surface area contributed by atoms with Gasteiger partial charge in [0.1, 0.15) is 0 Å². The number of benzene rings is 2. The third-order valence-corrected chi connectivity index (χ3v) is 3.67. The molecule has 2 rings (SSSR count). The van der Waals surface area contributed by atoms with Crippen LogP contribution in [0.2, 0.25) is 0 Å². The maximum absolute atomic E-state index is 3.54. The van der Waals surface area contributed by atoms with Gasteiger partial charge in [0.2, 0.25) is 0 Å². The van der Waals surface area contributed by atoms with Gasteiger partial charge >= 0.3 is 0 Å². The highest BCUT2D eigenvalue weighted by Crippen LogP contribution is 2.28. The average molecular weight is 211 g/mol. The third kappa shape index (κ3) is 2.11. The molecule has 0 saturated heterocycles. The third-order valence-electron chi connectivity index (χ3n) is 3.67. The van der Waals surface area contributed by atoms with E-state index in [1.807, 2.05) is 0 Å². The van der Waals surface area contributed by atoms with Gasteiger partial charge in [-0.15, -0.1) is 0 Å². The number of fused-ring (bicyclic) bond motifs is 1. The van der Waals surface area contributed by atoms with E-state index in [9.17, 15) is 0 Å². The van der Waals surface area contributed by atoms with Crippen molar-refractivity contribution in [2.24, 2.45) is 5.92 Å². The molecule has 83 valence electrons. The summed E-state index contributed by atoms with van der Waals surface area (Å²) in [6.07, 6.45) is 1.22. The van der Waals surface area contributed by atoms with Crippen LogP contribution < -0.4 is 0 Å². The standard InChI is InChI=1S/C16H19/c1-4-12(2)13(3)15-10-9-14-7-5-6-8-16(14)11-15/h5-10,12-13H,4H2,1-3H3. The molecule has 0 nitrogen and oxygen atoms in total. The zero-order chi connectivity index (χ0) is 11.5. The first kappa shape index (κ1) is 11.2. The van der Waals surface area contributed by atoms with Gasteiger partial charge in [-0.05, 0) is 34.2 Å². The molecule has 0 heteroatoms. The van der Waals surface area contributed by atoms with E-state index in [-0.39, 0.29) is 0 Å². The number of rotatable bonds is 3. The smallest absolute Gasteiger partial charge is 0.00614 e. The molecule has 0 aliphatic heterocycles. The van der Waals surface area contributed by atoms with Crippen LogP contribution >= 0.6 is 0 Å². The molecule has 0 spiro atoms. The Hall–Kier alpha value is -1.30. The van der Waals surface area contributed by atoms with E-state index in [1.54, 1.807) is 0 Å². The first-order valence-corrected chi connectivity index (χ1v) is 6.13. The largest absolute Gasteiger partial charge is 0.0651 e. The molecule has 0 N–H and O–H groups in total. The van der Waals surface area contributed by atoms with E-state index in [2.05, 4.69) is 63.2 Å². The summed E-state index contributed by atoms with van der Waals surface area (Å²) in [5, 5.41) is 2.51. The Morgan fingerprint density at radius 2 is 1.81 bits per heavy atom. The highest BCUT2D eigenvalue weighted by Gasteiger charge is 2.12. The Labute approximate surface area is 98.3 Å². The van der Waals surface area contributed by atoms with Crippen LogP contribution in [0, 0.1) is 12.0 Å². The summed E-state index contributed by atoms with van der Waals surface area (Å²) in [7, 11) is 0. The minimum atomic E-state index is 0.592. The van der Waals surface area contributed by atoms with E-state index in [1.165, 1.54) is 22.8 Å². The van der Waals surface area contributed by atoms with Gasteiger partial charge in [-0.3, -0.25) is 0 Å². The lowest BCUT2D eigenvalue weighted by Crippen LogP contribution is -2.04. The molecule has 0 heterocycles. The van der Waals surface area contributed by atoms with Gasteiger partial charge in [0.05, 0.1) is 0 Å². The van der Waals surface area contributed by atoms with Crippen LogP contribution in [0.5, 0.6) is 0 Å². The van der Waals surface area contributed by atoms with Crippen molar-refractivity contribution in [3.05, 3.63) is 48.0 Å². The second-order valence-corrected chi connectivity index (χ2v) is 4.68. The van der Waals surface area contributed by atoms with Gasteiger partial charge in [-0.2, -0.15) is 0 Å². The summed E-state index contributed by atoms with van der Waals surface area (Å²) in [5.74, 6) is 1.31. The highest BCUT2D eigenvalue weighted by molar-refractivity contribution is 5.82. The molecule has 0 aromatic heterocycles. The summed E-state index contributed by atoms with van der Waals surface area (Å²) in [6, 6.07) is 16.4. The molecule has 2 unspecified atom stereocenters. The van der Waals surface area contributed by atoms with E-state index >= 15 is 0 Å². The lowest BCUT2D eigenvalue weighted by molar-refractivity contribution is 0.473. The van der Waals surface area contributed by atoms with Gasteiger partial charge < -0.3 is 0 Å². The molecule has 2 atom stereocenters. The van der Waals surface area contributed by atoms with E-state index in [0.29, 0.717) is 5.92 Å². The molecular formula is C16H19. The van der Waals surface area contributed by atoms with Gasteiger partial charge in [-0.1, -0.05) is 63.6 Å². The van der Waals surface area contributed by atoms with Crippen molar-refractivity contribution in [1.82, 2.24) is 0 Å². The Morgan fingerprint density at radius 3 is 2.56 bits per heavy atom. The Kier molecular flexibility index (Phi) is 3.28. The lowest BCUT2D eigenvalue weighted by atomic mass is 9.86. The minimum Gasteiger partial charge on any atom is -0.0651 e. The van der Waals surface area contributed by atoms with E-state index in [0.717, 1.165) is 5.92 Å². The van der Waals surface area contributed by atoms with Crippen molar-refractivity contribution >= 4 is 10.8 Å². The number of hydrogen-bond donors (Lipinski definition) is 0. The van der Waals surface area contributed by atoms with Crippen LogP contribution in [0.3, 0.4) is 0 Å². The molecular weight excluding hydrogens is 192 g/mol. The number of hydrogen-bond acceptors (Lipinski definition) is 0. The summed E-state index contributed by atoms with van der Waals surface area (Å²) >= 11 is 0. The van der Waals surface area contributed by atoms with Crippen LogP contribution in [0.25, 0.3) is 10.8 Å². The second kappa shape index (κ2) is 4.69. The van der Waals surface area contributed by atoms with Crippen molar-refractivity contribution in [3.63, 3.8) is 0 Å². The van der Waals surface area contributed by atoms with Crippen molar-refractivity contribution in [2.45, 2.75) is 33.1 Å². The van der Waals surface area contributed by atoms with Gasteiger partial charge in [-0.25, -0.2) is 0 Å². The molecule has 1 radical (unpaired) electrons. The monoisotopic (exact) mass is 211 g/mol. The molecule has 0 saturated carbocycles. The fourth-order valence-corrected chi connectivity index (χ4v) is 2.06. The minimum absolute atomic E-state index is 0.592. The topological polar surface area (TPSA) is 0 Å². The van der Waals surface area contributed by atoms with Crippen LogP contribution in [0.15, 0.2) is 36.4 Å². The summed E-state index contributed by atoms with van der Waals surface area (Å²) in [6.45, 7) is 6.87. The zero-order valence-corrected chi connectivity index (χ0v) is 10.3. The summed E-state index contributed by atoms with van der Waals surface area (Å²) < 4.78 is 0. The lowest BCUT2D eigenvalue weighted by Gasteiger charge is -2.18. The van der Waals surface area contributed by atoms with Crippen molar-refractivity contribution in [1.29, 1.82) is 0 Å². The van der Waals surface area contributed by atoms with Crippen LogP contribution in [-0.2, 0) is 0 Å². The van der Waals surface area contributed by atoms with Crippen molar-refractivity contribution < 1.29 is 0 Å². The average Bonchev–Trinajstić information content (AvgIpc) is 2.36. The normalized spacial score (nSPS) is 14.9. The zero-order valence-electron chi connectivity index (χ0n) is 10.3. The molecule has 16 heavy (non-hydrogen) atoms. The van der Waals surface area contributed by atoms with E-state index in [4.69, 9.17) is 0 Å². The molecule has 0 fully saturated rings. The molecule has 0 amide bonds. The summed E-state index contributed by atoms with van der Waals surface area (Å²) in [4.78, 5) is 0. The molecule has 2 aromatic rings. The van der Waals surface area contributed by atoms with Gasteiger partial charge in [0, 0.05) is 0 Å². The molecule has 0 aliphatic rings. The van der Waals surface area contributed by atoms with E-state index < -0.39 is 0 Å². The Bertz CT molecular complexity index is 470. The predicted octanol–water partition coefficient (Wildman–Crippen LogP) is 4.79. The van der Waals surface area contributed by atoms with Crippen LogP contribution in [0.1, 0.15) is 38.7 Å². The molecule has 0 bridgehead atoms. The van der Waals surface area contributed by atoms with Gasteiger partial charge in [0.25, 0.3) is 0 Å². The first-order chi connectivity index (χ1) is 7.72. The first-order valence-electron chi connectivity index (χ1n) is 6.13. The van der Waals surface area contributed by atoms with Gasteiger partial charge in [0.15, 0.2) is 0 Å². The molecule has 0 aliphatic carbocycles. The maximum atomic E-state index is 3.54. The predicted molar refractivity (Wildman–Crippen MR) is 70.7 cm³/mol. The fraction of sp³-hybridized carbons (Fsp3) is 0.375. The Morgan fingerprint density at radius 1 is 1.06 bits per heavy atom. The fourth-order valence-electron chi connectivity index (χ4n) is 2.06. The molecule has 2 aromatic carbocycles. The quantitative estimate of drug-likeness (QED) is 0.684. The van der Waals surface area contributed by atoms with Crippen molar-refractivity contribution in [3.8, 4) is 0 Å². The summed E-state index contributed by atoms with van der Waals surface area (Å²) in [5.41, 5.74) is 1.34. The highest BCUT2D eigenvalue weighted by atomic mass is 14.2. The Balaban J connectivity index is 2.39. The second-order valence-electron chi connectivity index (χ2n) is 4.68.